The number of sulfone groups is 1. The number of benzene rings is 1. The van der Waals surface area contributed by atoms with E-state index in [1.807, 2.05) is 0 Å². The normalized spacial score (nSPS) is 22.1. The molecule has 5 nitrogen and oxygen atoms in total. The third kappa shape index (κ3) is 2.63. The Morgan fingerprint density at radius 1 is 1.27 bits per heavy atom. The summed E-state index contributed by atoms with van der Waals surface area (Å²) in [4.78, 5) is 22.2. The van der Waals surface area contributed by atoms with E-state index in [9.17, 15) is 27.5 Å². The van der Waals surface area contributed by atoms with Crippen molar-refractivity contribution in [3.05, 3.63) is 30.1 Å². The Bertz CT molecular complexity index is 698. The van der Waals surface area contributed by atoms with E-state index in [4.69, 9.17) is 0 Å². The molecule has 0 spiro atoms. The van der Waals surface area contributed by atoms with Crippen LogP contribution in [0.2, 0.25) is 0 Å². The number of carbonyl (C=O) groups excluding carboxylic acids is 1. The number of halogens is 2. The lowest BCUT2D eigenvalue weighted by atomic mass is 9.84. The van der Waals surface area contributed by atoms with Gasteiger partial charge in [0.1, 0.15) is 11.6 Å². The zero-order valence-corrected chi connectivity index (χ0v) is 12.3. The number of ketones is 1. The fourth-order valence-corrected chi connectivity index (χ4v) is 4.34. The summed E-state index contributed by atoms with van der Waals surface area (Å²) in [5, 5.41) is 5.57. The smallest absolute Gasteiger partial charge is 0.358 e. The summed E-state index contributed by atoms with van der Waals surface area (Å²) < 4.78 is 52.8. The minimum atomic E-state index is -4.92. The molecule has 0 bridgehead atoms. The van der Waals surface area contributed by atoms with Crippen molar-refractivity contribution in [2.75, 3.05) is 0 Å². The quantitative estimate of drug-likeness (QED) is 0.853. The number of rotatable bonds is 4. The Morgan fingerprint density at radius 2 is 1.86 bits per heavy atom. The summed E-state index contributed by atoms with van der Waals surface area (Å²) in [6.45, 7) is 0. The largest absolute Gasteiger partial charge is 0.478 e. The first kappa shape index (κ1) is 16.5. The fourth-order valence-electron chi connectivity index (χ4n) is 2.64. The maximum atomic E-state index is 15.1. The molecular formula is C14H14F2O5S. The Labute approximate surface area is 125 Å². The molecule has 0 aromatic heterocycles. The lowest BCUT2D eigenvalue weighted by Crippen LogP contribution is -2.50. The average molecular weight is 332 g/mol. The molecule has 0 radical (unpaired) electrons. The highest BCUT2D eigenvalue weighted by atomic mass is 32.2. The van der Waals surface area contributed by atoms with E-state index in [1.54, 1.807) is 0 Å². The molecule has 120 valence electrons. The van der Waals surface area contributed by atoms with Crippen LogP contribution < -0.4 is 0 Å². The molecule has 0 saturated heterocycles. The van der Waals surface area contributed by atoms with E-state index in [2.05, 4.69) is 0 Å². The van der Waals surface area contributed by atoms with E-state index < -0.39 is 43.9 Å². The highest BCUT2D eigenvalue weighted by molar-refractivity contribution is 7.93. The number of hydrogen-bond donors (Lipinski definition) is 1. The third-order valence-corrected chi connectivity index (χ3v) is 6.00. The number of carboxylic acids is 1. The summed E-state index contributed by atoms with van der Waals surface area (Å²) in [5.41, 5.74) is 0. The predicted molar refractivity (Wildman–Crippen MR) is 72.0 cm³/mol. The van der Waals surface area contributed by atoms with Crippen molar-refractivity contribution in [1.82, 2.24) is 0 Å². The van der Waals surface area contributed by atoms with Gasteiger partial charge in [-0.1, -0.05) is 0 Å². The maximum Gasteiger partial charge on any atom is 0.358 e. The van der Waals surface area contributed by atoms with Crippen molar-refractivity contribution in [2.45, 2.75) is 35.6 Å². The molecule has 0 heterocycles. The van der Waals surface area contributed by atoms with Crippen LogP contribution >= 0.6 is 0 Å². The summed E-state index contributed by atoms with van der Waals surface area (Å²) >= 11 is 0. The van der Waals surface area contributed by atoms with Gasteiger partial charge in [0, 0.05) is 18.8 Å². The van der Waals surface area contributed by atoms with Crippen LogP contribution in [0.15, 0.2) is 29.2 Å². The molecule has 0 aliphatic heterocycles. The van der Waals surface area contributed by atoms with E-state index in [0.717, 1.165) is 24.3 Å². The molecule has 2 atom stereocenters. The van der Waals surface area contributed by atoms with Gasteiger partial charge >= 0.3 is 11.0 Å². The van der Waals surface area contributed by atoms with Gasteiger partial charge in [-0.2, -0.15) is 0 Å². The highest BCUT2D eigenvalue weighted by Gasteiger charge is 2.59. The Kier molecular flexibility index (Phi) is 4.32. The van der Waals surface area contributed by atoms with Gasteiger partial charge in [-0.25, -0.2) is 22.0 Å². The van der Waals surface area contributed by atoms with Crippen molar-refractivity contribution in [3.8, 4) is 0 Å². The second-order valence-electron chi connectivity index (χ2n) is 5.24. The standard InChI is InChI=1S/C14H14F2O5S/c15-10-4-6-12(7-5-10)22(20,21)14(16,13(18)19)9-2-1-3-11(17)8-9/h4-7,9H,1-3,8H2,(H,18,19). The van der Waals surface area contributed by atoms with Crippen LogP contribution in [0.4, 0.5) is 8.78 Å². The zero-order valence-electron chi connectivity index (χ0n) is 11.5. The highest BCUT2D eigenvalue weighted by Crippen LogP contribution is 2.41. The van der Waals surface area contributed by atoms with Crippen LogP contribution in [-0.2, 0) is 19.4 Å². The molecule has 22 heavy (non-hydrogen) atoms. The number of carboxylic acid groups (broad SMARTS) is 1. The van der Waals surface area contributed by atoms with Gasteiger partial charge in [0.05, 0.1) is 4.90 Å². The number of carbonyl (C=O) groups is 2. The molecule has 1 aromatic rings. The number of Topliss-reactive ketones (excluding diaryl/α,β-unsaturated/α-hetero) is 1. The topological polar surface area (TPSA) is 88.5 Å². The van der Waals surface area contributed by atoms with Crippen LogP contribution in [0.3, 0.4) is 0 Å². The minimum Gasteiger partial charge on any atom is -0.478 e. The first-order valence-corrected chi connectivity index (χ1v) is 8.12. The van der Waals surface area contributed by atoms with Gasteiger partial charge in [-0.3, -0.25) is 4.79 Å². The molecule has 1 aliphatic carbocycles. The van der Waals surface area contributed by atoms with Crippen molar-refractivity contribution in [3.63, 3.8) is 0 Å². The molecule has 8 heteroatoms. The van der Waals surface area contributed by atoms with Gasteiger partial charge in [-0.05, 0) is 37.1 Å². The molecule has 1 N–H and O–H groups in total. The van der Waals surface area contributed by atoms with Crippen molar-refractivity contribution in [1.29, 1.82) is 0 Å². The van der Waals surface area contributed by atoms with Crippen molar-refractivity contribution < 1.29 is 31.9 Å². The average Bonchev–Trinajstić information content (AvgIpc) is 2.46. The van der Waals surface area contributed by atoms with E-state index >= 15 is 4.39 Å². The molecule has 1 aromatic carbocycles. The number of hydrogen-bond acceptors (Lipinski definition) is 4. The van der Waals surface area contributed by atoms with Crippen molar-refractivity contribution >= 4 is 21.6 Å². The maximum absolute atomic E-state index is 15.1. The predicted octanol–water partition coefficient (Wildman–Crippen LogP) is 2.11. The van der Waals surface area contributed by atoms with Crippen LogP contribution in [0.1, 0.15) is 25.7 Å². The first-order valence-electron chi connectivity index (χ1n) is 6.64. The Morgan fingerprint density at radius 3 is 2.36 bits per heavy atom. The summed E-state index contributed by atoms with van der Waals surface area (Å²) in [5.74, 6) is -4.71. The van der Waals surface area contributed by atoms with Crippen LogP contribution in [-0.4, -0.2) is 30.3 Å². The molecule has 2 unspecified atom stereocenters. The van der Waals surface area contributed by atoms with Crippen LogP contribution in [0.5, 0.6) is 0 Å². The first-order chi connectivity index (χ1) is 10.2. The second kappa shape index (κ2) is 5.75. The minimum absolute atomic E-state index is 0.0189. The van der Waals surface area contributed by atoms with Gasteiger partial charge < -0.3 is 5.11 Å². The summed E-state index contributed by atoms with van der Waals surface area (Å²) in [6, 6.07) is 3.24. The molecule has 1 saturated carbocycles. The van der Waals surface area contributed by atoms with Gasteiger partial charge in [-0.15, -0.1) is 0 Å². The molecule has 2 rings (SSSR count). The Hall–Kier alpha value is -1.83. The monoisotopic (exact) mass is 332 g/mol. The zero-order chi connectivity index (χ0) is 16.5. The molecule has 1 fully saturated rings. The van der Waals surface area contributed by atoms with E-state index in [-0.39, 0.29) is 25.0 Å². The number of aliphatic carboxylic acids is 1. The molecular weight excluding hydrogens is 318 g/mol. The molecule has 1 aliphatic rings. The second-order valence-corrected chi connectivity index (χ2v) is 7.31. The van der Waals surface area contributed by atoms with Gasteiger partial charge in [0.15, 0.2) is 0 Å². The third-order valence-electron chi connectivity index (χ3n) is 3.81. The molecule has 0 amide bonds. The summed E-state index contributed by atoms with van der Waals surface area (Å²) in [7, 11) is -4.92. The van der Waals surface area contributed by atoms with E-state index in [0.29, 0.717) is 0 Å². The fraction of sp³-hybridized carbons (Fsp3) is 0.429. The van der Waals surface area contributed by atoms with Gasteiger partial charge in [0.25, 0.3) is 0 Å². The summed E-state index contributed by atoms with van der Waals surface area (Å²) in [6.07, 6.45) is -0.0393. The lowest BCUT2D eigenvalue weighted by Gasteiger charge is -2.31. The Balaban J connectivity index is 2.52. The van der Waals surface area contributed by atoms with Crippen LogP contribution in [0.25, 0.3) is 0 Å². The van der Waals surface area contributed by atoms with E-state index in [1.165, 1.54) is 0 Å². The van der Waals surface area contributed by atoms with Crippen molar-refractivity contribution in [2.24, 2.45) is 5.92 Å². The van der Waals surface area contributed by atoms with Gasteiger partial charge in [0.2, 0.25) is 9.84 Å². The lowest BCUT2D eigenvalue weighted by molar-refractivity contribution is -0.149. The number of alkyl halides is 1. The SMILES string of the molecule is O=C1CCCC(C(F)(C(=O)O)S(=O)(=O)c2ccc(F)cc2)C1. The van der Waals surface area contributed by atoms with Crippen LogP contribution in [0, 0.1) is 11.7 Å².